The van der Waals surface area contributed by atoms with Crippen LogP contribution in [0.1, 0.15) is 154 Å². The zero-order valence-corrected chi connectivity index (χ0v) is 88.0. The molecule has 2 amide bonds. The van der Waals surface area contributed by atoms with Crippen LogP contribution in [0.3, 0.4) is 0 Å². The number of ketones is 1. The summed E-state index contributed by atoms with van der Waals surface area (Å²) in [7, 11) is -3.08. The predicted molar refractivity (Wildman–Crippen MR) is 533 cm³/mol. The Morgan fingerprint density at radius 1 is 0.496 bits per heavy atom. The van der Waals surface area contributed by atoms with Gasteiger partial charge in [0.2, 0.25) is 5.78 Å². The molecule has 9 heterocycles. The second-order valence-electron chi connectivity index (χ2n) is 30.8. The van der Waals surface area contributed by atoms with Crippen LogP contribution in [-0.4, -0.2) is 172 Å². The highest BCUT2D eigenvalue weighted by Gasteiger charge is 2.44. The van der Waals surface area contributed by atoms with Crippen molar-refractivity contribution in [3.63, 3.8) is 0 Å². The SMILES string of the molecule is Brc1ccnc(Br)c1.CC(C)(C)OC(=O)C[C@](CF)(N[S@](=O)C(C)(C)C)c1cc(Br)ccn1.CC(C)(C)[S@@](=O)N[C@@](CF)(CCO)c1cc(Br)ccn1.NC1=N[C@](CF)(c2cc(Br)ccn2)CCS1.O=C(CF)c1cc(Br)ccn1.O=C(NC(=S)N[C@@](CF)(CCO)c1cc(Br)ccn1)c1ccccc1.O=C(NC1=N[C@](CF)(c2cc(Br)ccn2)CCS1)c1ccccc1. The van der Waals surface area contributed by atoms with Crippen LogP contribution in [0.25, 0.3) is 0 Å². The van der Waals surface area contributed by atoms with Gasteiger partial charge in [-0.05, 0) is 219 Å². The minimum Gasteiger partial charge on any atom is -0.460 e. The Morgan fingerprint density at radius 2 is 0.884 bits per heavy atom. The maximum atomic E-state index is 14.2. The topological polar surface area (TPSA) is 353 Å². The van der Waals surface area contributed by atoms with Crippen molar-refractivity contribution in [1.82, 2.24) is 60.3 Å². The smallest absolute Gasteiger partial charge is 0.308 e. The number of nitrogens with one attached hydrogen (secondary N) is 5. The van der Waals surface area contributed by atoms with Crippen molar-refractivity contribution in [2.75, 3.05) is 64.8 Å². The molecular formula is C86H97Br8F6N15O9S5. The van der Waals surface area contributed by atoms with E-state index >= 15 is 0 Å². The summed E-state index contributed by atoms with van der Waals surface area (Å²) >= 11 is 34.4. The number of pyridine rings is 7. The van der Waals surface area contributed by atoms with E-state index in [1.807, 2.05) is 18.2 Å². The van der Waals surface area contributed by atoms with Crippen molar-refractivity contribution in [2.24, 2.45) is 15.7 Å². The lowest BCUT2D eigenvalue weighted by atomic mass is 9.92. The number of amides is 2. The summed E-state index contributed by atoms with van der Waals surface area (Å²) in [6, 6.07) is 41.6. The van der Waals surface area contributed by atoms with Crippen molar-refractivity contribution in [1.29, 1.82) is 0 Å². The third-order valence-electron chi connectivity index (χ3n) is 17.6. The van der Waals surface area contributed by atoms with Gasteiger partial charge >= 0.3 is 5.97 Å². The Bertz CT molecular complexity index is 5260. The number of rotatable bonds is 25. The van der Waals surface area contributed by atoms with E-state index in [9.17, 15) is 64.2 Å². The second kappa shape index (κ2) is 55.0. The van der Waals surface area contributed by atoms with Crippen LogP contribution in [0.4, 0.5) is 26.3 Å². The van der Waals surface area contributed by atoms with E-state index in [2.05, 4.69) is 198 Å². The van der Waals surface area contributed by atoms with E-state index in [4.69, 9.17) is 22.7 Å². The summed E-state index contributed by atoms with van der Waals surface area (Å²) in [5.41, 5.74) is 2.30. The number of hydrogen-bond donors (Lipinski definition) is 8. The number of aliphatic imine (C=N–C) groups is 2. The minimum absolute atomic E-state index is 0.0360. The van der Waals surface area contributed by atoms with Crippen LogP contribution in [0, 0.1) is 0 Å². The normalized spacial score (nSPS) is 16.5. The maximum absolute atomic E-state index is 14.2. The Kier molecular flexibility index (Phi) is 48.4. The maximum Gasteiger partial charge on any atom is 0.308 e. The Hall–Kier alpha value is -6.14. The number of alkyl halides is 6. The van der Waals surface area contributed by atoms with E-state index in [1.54, 1.807) is 208 Å². The summed E-state index contributed by atoms with van der Waals surface area (Å²) in [6.07, 6.45) is 12.0. The number of thiocarbonyl (C=S) groups is 1. The van der Waals surface area contributed by atoms with Gasteiger partial charge in [0, 0.05) is 117 Å². The molecule has 7 atom stereocenters. The predicted octanol–water partition coefficient (Wildman–Crippen LogP) is 19.9. The summed E-state index contributed by atoms with van der Waals surface area (Å²) < 4.78 is 122. The molecule has 0 bridgehead atoms. The number of carbonyl (C=O) groups is 4. The molecule has 11 rings (SSSR count). The Balaban J connectivity index is 0.000000273. The molecule has 7 aromatic heterocycles. The molecule has 2 aromatic carbocycles. The van der Waals surface area contributed by atoms with E-state index in [0.717, 1.165) is 32.7 Å². The summed E-state index contributed by atoms with van der Waals surface area (Å²) in [4.78, 5) is 84.9. The lowest BCUT2D eigenvalue weighted by molar-refractivity contribution is -0.156. The molecule has 9 N–H and O–H groups in total. The van der Waals surface area contributed by atoms with Gasteiger partial charge in [0.15, 0.2) is 22.1 Å². The number of benzene rings is 2. The molecule has 0 saturated carbocycles. The molecule has 0 spiro atoms. The number of nitrogens with zero attached hydrogens (tertiary/aromatic N) is 9. The van der Waals surface area contributed by atoms with Crippen LogP contribution in [-0.2, 0) is 59.2 Å². The van der Waals surface area contributed by atoms with Gasteiger partial charge in [-0.1, -0.05) is 171 Å². The number of Topliss-reactive ketones (excluding diaryl/α,β-unsaturated/α-hetero) is 1. The third kappa shape index (κ3) is 37.6. The first-order valence-electron chi connectivity index (χ1n) is 38.8. The lowest BCUT2D eigenvalue weighted by Crippen LogP contribution is -2.53. The Morgan fingerprint density at radius 3 is 1.27 bits per heavy atom. The molecule has 0 unspecified atom stereocenters. The van der Waals surface area contributed by atoms with Crippen molar-refractivity contribution >= 4 is 224 Å². The van der Waals surface area contributed by atoms with E-state index in [1.165, 1.54) is 48.2 Å². The summed E-state index contributed by atoms with van der Waals surface area (Å²) in [5, 5.41) is 27.5. The molecule has 24 nitrogen and oxygen atoms in total. The van der Waals surface area contributed by atoms with Crippen LogP contribution >= 0.6 is 163 Å². The first-order valence-corrected chi connectivity index (χ1v) is 49.9. The fourth-order valence-corrected chi connectivity index (χ4v) is 17.9. The van der Waals surface area contributed by atoms with E-state index in [0.29, 0.717) is 71.8 Å². The Labute approximate surface area is 832 Å². The van der Waals surface area contributed by atoms with Crippen LogP contribution in [0.5, 0.6) is 0 Å². The van der Waals surface area contributed by atoms with Gasteiger partial charge in [-0.25, -0.2) is 59.2 Å². The third-order valence-corrected chi connectivity index (χ3v) is 26.8. The number of hydrogen-bond acceptors (Lipinski definition) is 22. The summed E-state index contributed by atoms with van der Waals surface area (Å²) in [6.45, 7) is 10.5. The van der Waals surface area contributed by atoms with E-state index < -0.39 is 122 Å². The van der Waals surface area contributed by atoms with Gasteiger partial charge in [-0.2, -0.15) is 0 Å². The monoisotopic (exact) mass is 2390 g/mol. The zero-order valence-electron chi connectivity index (χ0n) is 71.2. The van der Waals surface area contributed by atoms with Gasteiger partial charge in [-0.15, -0.1) is 0 Å². The van der Waals surface area contributed by atoms with Crippen LogP contribution < -0.4 is 31.1 Å². The zero-order chi connectivity index (χ0) is 96.0. The quantitative estimate of drug-likeness (QED) is 0.00866. The number of thioether (sulfide) groups is 2. The van der Waals surface area contributed by atoms with Crippen molar-refractivity contribution in [3.05, 3.63) is 270 Å². The molecule has 43 heteroatoms. The molecule has 0 saturated heterocycles. The average molecular weight is 2400 g/mol. The standard InChI is InChI=1S/C17H17BrFN3O2S.C17H15BrFN3OS.C17H26BrFN2O3S.C13H20BrFN2O2S.C10H11BrFN3S.C7H5BrFNO.C5H3Br2N/c18-13-6-8-20-14(10-13)17(11-19,7-9-23)22-16(25)21-15(24)12-4-2-1-3-5-12;18-13-6-8-20-14(10-13)17(11-19)7-9-24-16(22-17)21-15(23)12-4-2-1-3-5-12;1-15(2,3)24-14(22)10-17(11-19,21-25(23)16(4,5)6)13-9-12(18)7-8-20-13;1-12(2,3)20(19)17-13(9-15,5-7-18)11-8-10(14)4-6-16-11;11-7-1-3-14-8(5-7)10(6-12)2-4-16-9(13)15-10;8-5-1-2-10-6(3-5)7(11)4-9;6-4-1-2-8-5(7)3-4/h1-6,8,10,23H,7,9,11H2,(H2,21,22,24,25);1-6,8,10H,7,9,11H2,(H,21,22,23);7-9,21H,10-11H2,1-6H3;4,6,8,17-18H,5,7,9H2,1-3H3;1,3,5H,2,4,6H2,(H2,13,15);1-3H,4H2;1-3H/t2*17-;17-,25-;13-,20-;10-;;/m11111../s1. The number of aliphatic hydroxyl groups is 2. The van der Waals surface area contributed by atoms with Gasteiger partial charge in [0.25, 0.3) is 11.8 Å². The molecule has 0 radical (unpaired) electrons. The number of esters is 1. The van der Waals surface area contributed by atoms with Crippen molar-refractivity contribution < 1.29 is 68.9 Å². The molecule has 2 aliphatic heterocycles. The van der Waals surface area contributed by atoms with Crippen molar-refractivity contribution in [2.45, 2.75) is 137 Å². The van der Waals surface area contributed by atoms with Gasteiger partial charge < -0.3 is 31.3 Å². The molecule has 9 aromatic rings. The summed E-state index contributed by atoms with van der Waals surface area (Å²) in [5.74, 6) is -0.410. The van der Waals surface area contributed by atoms with Crippen LogP contribution in [0.15, 0.2) is 235 Å². The number of carbonyl (C=O) groups excluding carboxylic acids is 4. The highest BCUT2D eigenvalue weighted by Crippen LogP contribution is 2.39. The first kappa shape index (κ1) is 113. The van der Waals surface area contributed by atoms with Gasteiger partial charge in [0.1, 0.15) is 77.0 Å². The lowest BCUT2D eigenvalue weighted by Gasteiger charge is -2.34. The fourth-order valence-electron chi connectivity index (χ4n) is 10.9. The minimum atomic E-state index is -1.61. The number of ether oxygens (including phenoxy) is 1. The molecule has 2 aliphatic rings. The van der Waals surface area contributed by atoms with Crippen molar-refractivity contribution in [3.8, 4) is 0 Å². The number of halogens is 14. The number of amidine groups is 2. The number of nitrogens with two attached hydrogens (primary N) is 1. The fraction of sp³-hybridized carbons (Fsp3) is 0.372. The van der Waals surface area contributed by atoms with E-state index in [-0.39, 0.29) is 54.9 Å². The highest BCUT2D eigenvalue weighted by molar-refractivity contribution is 9.11. The first-order chi connectivity index (χ1) is 60.9. The van der Waals surface area contributed by atoms with Gasteiger partial charge in [0.05, 0.1) is 66.4 Å². The molecule has 0 fully saturated rings. The highest BCUT2D eigenvalue weighted by atomic mass is 79.9. The number of aromatic nitrogens is 7. The number of aliphatic hydroxyl groups excluding tert-OH is 2. The molecule has 0 aliphatic carbocycles. The largest absolute Gasteiger partial charge is 0.460 e. The van der Waals surface area contributed by atoms with Crippen LogP contribution in [0.2, 0.25) is 0 Å². The molecular weight excluding hydrogens is 2300 g/mol. The molecule has 698 valence electrons. The average Bonchev–Trinajstić information content (AvgIpc) is 0.781. The molecule has 129 heavy (non-hydrogen) atoms. The second-order valence-corrected chi connectivity index (χ2v) is 44.6. The van der Waals surface area contributed by atoms with Gasteiger partial charge in [-0.3, -0.25) is 54.4 Å².